The van der Waals surface area contributed by atoms with Gasteiger partial charge in [0, 0.05) is 36.6 Å². The van der Waals surface area contributed by atoms with E-state index >= 15 is 8.78 Å². The van der Waals surface area contributed by atoms with Gasteiger partial charge in [-0.15, -0.1) is 0 Å². The van der Waals surface area contributed by atoms with E-state index in [1.807, 2.05) is 25.1 Å². The highest BCUT2D eigenvalue weighted by Gasteiger charge is 2.47. The second-order valence-electron chi connectivity index (χ2n) is 11.6. The molecular formula is C30H34ClF3N2O4. The van der Waals surface area contributed by atoms with E-state index in [4.69, 9.17) is 16.3 Å². The van der Waals surface area contributed by atoms with Crippen molar-refractivity contribution in [2.75, 3.05) is 26.2 Å². The van der Waals surface area contributed by atoms with E-state index in [0.29, 0.717) is 30.2 Å². The van der Waals surface area contributed by atoms with Crippen molar-refractivity contribution in [3.05, 3.63) is 63.4 Å². The largest absolute Gasteiger partial charge is 0.490 e. The Morgan fingerprint density at radius 3 is 2.52 bits per heavy atom. The zero-order valence-corrected chi connectivity index (χ0v) is 23.4. The van der Waals surface area contributed by atoms with Crippen LogP contribution in [-0.2, 0) is 11.3 Å². The van der Waals surface area contributed by atoms with E-state index in [-0.39, 0.29) is 36.7 Å². The van der Waals surface area contributed by atoms with E-state index in [0.717, 1.165) is 34.9 Å². The van der Waals surface area contributed by atoms with Crippen LogP contribution in [-0.4, -0.2) is 70.9 Å². The van der Waals surface area contributed by atoms with Crippen molar-refractivity contribution in [1.29, 1.82) is 0 Å². The summed E-state index contributed by atoms with van der Waals surface area (Å²) in [6, 6.07) is 6.94. The molecule has 1 saturated carbocycles. The number of carboxylic acids is 1. The first-order valence-electron chi connectivity index (χ1n) is 13.8. The summed E-state index contributed by atoms with van der Waals surface area (Å²) in [5.41, 5.74) is 0.800. The normalized spacial score (nSPS) is 24.8. The zero-order valence-electron chi connectivity index (χ0n) is 22.6. The van der Waals surface area contributed by atoms with Crippen LogP contribution in [0.15, 0.2) is 30.3 Å². The molecule has 0 unspecified atom stereocenters. The molecule has 216 valence electrons. The van der Waals surface area contributed by atoms with Crippen LogP contribution in [0.3, 0.4) is 0 Å². The molecule has 3 atom stereocenters. The van der Waals surface area contributed by atoms with E-state index in [9.17, 15) is 19.1 Å². The Morgan fingerprint density at radius 1 is 1.18 bits per heavy atom. The smallest absolute Gasteiger partial charge is 0.326 e. The molecule has 3 aliphatic rings. The number of likely N-dealkylation sites (tertiary alicyclic amines) is 2. The molecule has 6 nitrogen and oxygen atoms in total. The standard InChI is InChI=1S/C30H34ClF3N2O4/c1-17-3-6-23(31)20(11-17)14-35-9-7-30(34,8-10-35)16-40-26-13-24(32)22(12-21(26)19-4-5-19)28(37)36-15-25(33)18(2)27(36)29(38)39/h3,6,11-13,18-19,25,27H,4-5,7-10,14-16H2,1-2H3,(H,38,39)/t18-,25-,27-/m0/s1. The van der Waals surface area contributed by atoms with Gasteiger partial charge in [0.2, 0.25) is 0 Å². The lowest BCUT2D eigenvalue weighted by molar-refractivity contribution is -0.142. The van der Waals surface area contributed by atoms with Crippen molar-refractivity contribution in [3.8, 4) is 5.75 Å². The number of nitrogens with zero attached hydrogens (tertiary/aromatic N) is 2. The zero-order chi connectivity index (χ0) is 28.8. The predicted octanol–water partition coefficient (Wildman–Crippen LogP) is 5.93. The number of aryl methyl sites for hydroxylation is 1. The summed E-state index contributed by atoms with van der Waals surface area (Å²) in [7, 11) is 0. The molecule has 0 spiro atoms. The Balaban J connectivity index is 1.26. The number of ether oxygens (including phenoxy) is 1. The predicted molar refractivity (Wildman–Crippen MR) is 145 cm³/mol. The van der Waals surface area contributed by atoms with Gasteiger partial charge in [-0.05, 0) is 61.8 Å². The minimum Gasteiger partial charge on any atom is -0.490 e. The SMILES string of the molecule is Cc1ccc(Cl)c(CN2CCC(F)(COc3cc(F)c(C(=O)N4C[C@H](F)[C@H](C)[C@H]4C(=O)O)cc3C3CC3)CC2)c1. The van der Waals surface area contributed by atoms with Crippen LogP contribution >= 0.6 is 11.6 Å². The number of alkyl halides is 2. The van der Waals surface area contributed by atoms with Gasteiger partial charge < -0.3 is 14.7 Å². The maximum atomic E-state index is 15.7. The van der Waals surface area contributed by atoms with E-state index in [2.05, 4.69) is 4.90 Å². The van der Waals surface area contributed by atoms with Crippen molar-refractivity contribution in [2.45, 2.75) is 69.9 Å². The minimum atomic E-state index is -1.59. The minimum absolute atomic E-state index is 0.0420. The number of carbonyl (C=O) groups excluding carboxylic acids is 1. The first kappa shape index (κ1) is 28.7. The molecule has 2 aliphatic heterocycles. The van der Waals surface area contributed by atoms with Crippen LogP contribution in [0, 0.1) is 18.7 Å². The Hall–Kier alpha value is -2.78. The topological polar surface area (TPSA) is 70.1 Å². The third-order valence-corrected chi connectivity index (χ3v) is 8.84. The number of rotatable bonds is 8. The maximum absolute atomic E-state index is 15.7. The number of carbonyl (C=O) groups is 2. The summed E-state index contributed by atoms with van der Waals surface area (Å²) in [5.74, 6) is -3.77. The molecule has 0 aromatic heterocycles. The lowest BCUT2D eigenvalue weighted by Gasteiger charge is -2.36. The summed E-state index contributed by atoms with van der Waals surface area (Å²) in [6.45, 7) is 4.45. The Bertz CT molecular complexity index is 1300. The third kappa shape index (κ3) is 5.96. The third-order valence-electron chi connectivity index (χ3n) is 8.47. The molecule has 2 aromatic rings. The molecule has 2 saturated heterocycles. The van der Waals surface area contributed by atoms with Crippen molar-refractivity contribution in [2.24, 2.45) is 5.92 Å². The molecule has 0 bridgehead atoms. The fourth-order valence-corrected chi connectivity index (χ4v) is 5.95. The lowest BCUT2D eigenvalue weighted by Crippen LogP contribution is -2.44. The first-order chi connectivity index (χ1) is 19.0. The monoisotopic (exact) mass is 578 g/mol. The van der Waals surface area contributed by atoms with Crippen molar-refractivity contribution in [1.82, 2.24) is 9.80 Å². The Kier molecular flexibility index (Phi) is 8.08. The van der Waals surface area contributed by atoms with Crippen LogP contribution < -0.4 is 4.74 Å². The quantitative estimate of drug-likeness (QED) is 0.420. The second kappa shape index (κ2) is 11.2. The molecule has 5 rings (SSSR count). The van der Waals surface area contributed by atoms with Crippen molar-refractivity contribution < 1.29 is 32.6 Å². The molecule has 0 radical (unpaired) electrons. The molecule has 1 N–H and O–H groups in total. The van der Waals surface area contributed by atoms with Gasteiger partial charge in [-0.25, -0.2) is 18.0 Å². The molecule has 1 aliphatic carbocycles. The number of hydrogen-bond acceptors (Lipinski definition) is 4. The second-order valence-corrected chi connectivity index (χ2v) is 12.0. The van der Waals surface area contributed by atoms with Gasteiger partial charge in [-0.3, -0.25) is 9.69 Å². The molecule has 2 aromatic carbocycles. The number of hydrogen-bond donors (Lipinski definition) is 1. The fourth-order valence-electron chi connectivity index (χ4n) is 5.77. The lowest BCUT2D eigenvalue weighted by atomic mass is 9.93. The van der Waals surface area contributed by atoms with Crippen LogP contribution in [0.4, 0.5) is 13.2 Å². The molecular weight excluding hydrogens is 545 g/mol. The number of piperidine rings is 1. The van der Waals surface area contributed by atoms with E-state index < -0.39 is 48.0 Å². The number of halogens is 4. The first-order valence-corrected chi connectivity index (χ1v) is 14.1. The van der Waals surface area contributed by atoms with Crippen molar-refractivity contribution >= 4 is 23.5 Å². The van der Waals surface area contributed by atoms with Crippen LogP contribution in [0.2, 0.25) is 5.02 Å². The average Bonchev–Trinajstić information content (AvgIpc) is 3.70. The summed E-state index contributed by atoms with van der Waals surface area (Å²) >= 11 is 6.33. The van der Waals surface area contributed by atoms with Gasteiger partial charge in [0.15, 0.2) is 0 Å². The highest BCUT2D eigenvalue weighted by molar-refractivity contribution is 6.31. The highest BCUT2D eigenvalue weighted by atomic mass is 35.5. The van der Waals surface area contributed by atoms with Gasteiger partial charge in [-0.1, -0.05) is 36.2 Å². The molecule has 1 amide bonds. The van der Waals surface area contributed by atoms with E-state index in [1.165, 1.54) is 13.0 Å². The number of carboxylic acid groups (broad SMARTS) is 1. The number of amides is 1. The number of aliphatic carboxylic acids is 1. The summed E-state index contributed by atoms with van der Waals surface area (Å²) in [5, 5.41) is 10.2. The van der Waals surface area contributed by atoms with Crippen molar-refractivity contribution in [3.63, 3.8) is 0 Å². The van der Waals surface area contributed by atoms with Crippen LogP contribution in [0.1, 0.15) is 65.6 Å². The van der Waals surface area contributed by atoms with Gasteiger partial charge >= 0.3 is 5.97 Å². The summed E-state index contributed by atoms with van der Waals surface area (Å²) in [6.07, 6.45) is 0.625. The summed E-state index contributed by atoms with van der Waals surface area (Å²) < 4.78 is 51.2. The highest BCUT2D eigenvalue weighted by Crippen LogP contribution is 2.46. The molecule has 2 heterocycles. The molecule has 10 heteroatoms. The number of benzene rings is 2. The van der Waals surface area contributed by atoms with E-state index in [1.54, 1.807) is 0 Å². The fraction of sp³-hybridized carbons (Fsp3) is 0.533. The van der Waals surface area contributed by atoms with Gasteiger partial charge in [0.05, 0.1) is 12.1 Å². The maximum Gasteiger partial charge on any atom is 0.326 e. The van der Waals surface area contributed by atoms with Crippen LogP contribution in [0.25, 0.3) is 0 Å². The Labute approximate surface area is 237 Å². The van der Waals surface area contributed by atoms with Crippen LogP contribution in [0.5, 0.6) is 5.75 Å². The van der Waals surface area contributed by atoms with Gasteiger partial charge in [0.1, 0.15) is 36.1 Å². The van der Waals surface area contributed by atoms with Gasteiger partial charge in [-0.2, -0.15) is 0 Å². The Morgan fingerprint density at radius 2 is 1.88 bits per heavy atom. The molecule has 3 fully saturated rings. The summed E-state index contributed by atoms with van der Waals surface area (Å²) in [4.78, 5) is 27.9. The van der Waals surface area contributed by atoms with Gasteiger partial charge in [0.25, 0.3) is 5.91 Å². The average molecular weight is 579 g/mol. The molecule has 40 heavy (non-hydrogen) atoms.